The van der Waals surface area contributed by atoms with Crippen LogP contribution in [0.3, 0.4) is 0 Å². The molecule has 0 bridgehead atoms. The summed E-state index contributed by atoms with van der Waals surface area (Å²) in [7, 11) is -1.75. The van der Waals surface area contributed by atoms with Crippen molar-refractivity contribution in [3.63, 3.8) is 0 Å². The third-order valence-corrected chi connectivity index (χ3v) is 5.24. The van der Waals surface area contributed by atoms with Crippen LogP contribution in [0.5, 0.6) is 0 Å². The van der Waals surface area contributed by atoms with Crippen molar-refractivity contribution in [2.45, 2.75) is 24.7 Å². The Kier molecular flexibility index (Phi) is 4.33. The van der Waals surface area contributed by atoms with Gasteiger partial charge in [0.05, 0.1) is 5.25 Å². The molecule has 0 atom stereocenters. The minimum atomic E-state index is -3.19. The molecule has 0 radical (unpaired) electrons. The van der Waals surface area contributed by atoms with E-state index in [9.17, 15) is 8.42 Å². The van der Waals surface area contributed by atoms with Crippen molar-refractivity contribution in [1.82, 2.24) is 14.7 Å². The molecule has 0 unspecified atom stereocenters. The third-order valence-electron chi connectivity index (χ3n) is 3.32. The van der Waals surface area contributed by atoms with E-state index in [2.05, 4.69) is 14.7 Å². The summed E-state index contributed by atoms with van der Waals surface area (Å²) < 4.78 is 25.8. The SMILES string of the molecule is CNS(=O)(=O)C1CCN(c2ccnc(CO)n2)CC1. The molecule has 2 heterocycles. The fourth-order valence-electron chi connectivity index (χ4n) is 2.20. The van der Waals surface area contributed by atoms with Gasteiger partial charge < -0.3 is 10.0 Å². The van der Waals surface area contributed by atoms with Crippen molar-refractivity contribution in [3.05, 3.63) is 18.1 Å². The number of aromatic nitrogens is 2. The Balaban J connectivity index is 2.03. The summed E-state index contributed by atoms with van der Waals surface area (Å²) in [5.74, 6) is 1.11. The van der Waals surface area contributed by atoms with Crippen LogP contribution >= 0.6 is 0 Å². The van der Waals surface area contributed by atoms with Crippen LogP contribution in [0.15, 0.2) is 12.3 Å². The fourth-order valence-corrected chi connectivity index (χ4v) is 3.37. The average molecular weight is 286 g/mol. The number of rotatable bonds is 4. The Bertz CT molecular complexity index is 526. The van der Waals surface area contributed by atoms with Crippen LogP contribution in [0.2, 0.25) is 0 Å². The van der Waals surface area contributed by atoms with Crippen LogP contribution in [0, 0.1) is 0 Å². The minimum absolute atomic E-state index is 0.196. The number of aliphatic hydroxyl groups is 1. The second-order valence-corrected chi connectivity index (χ2v) is 6.59. The van der Waals surface area contributed by atoms with E-state index in [1.54, 1.807) is 12.3 Å². The smallest absolute Gasteiger partial charge is 0.214 e. The maximum Gasteiger partial charge on any atom is 0.214 e. The van der Waals surface area contributed by atoms with Crippen LogP contribution < -0.4 is 9.62 Å². The second kappa shape index (κ2) is 5.81. The van der Waals surface area contributed by atoms with E-state index >= 15 is 0 Å². The molecule has 0 spiro atoms. The third kappa shape index (κ3) is 3.20. The van der Waals surface area contributed by atoms with Gasteiger partial charge in [0.1, 0.15) is 12.4 Å². The lowest BCUT2D eigenvalue weighted by Crippen LogP contribution is -2.43. The summed E-state index contributed by atoms with van der Waals surface area (Å²) in [5.41, 5.74) is 0. The van der Waals surface area contributed by atoms with Gasteiger partial charge in [-0.25, -0.2) is 23.1 Å². The van der Waals surface area contributed by atoms with Gasteiger partial charge in [-0.05, 0) is 26.0 Å². The van der Waals surface area contributed by atoms with E-state index in [-0.39, 0.29) is 11.9 Å². The molecule has 0 amide bonds. The molecule has 0 aromatic carbocycles. The Labute approximate surface area is 112 Å². The molecule has 0 saturated carbocycles. The summed E-state index contributed by atoms with van der Waals surface area (Å²) in [4.78, 5) is 10.2. The van der Waals surface area contributed by atoms with Crippen molar-refractivity contribution < 1.29 is 13.5 Å². The predicted octanol–water partition coefficient (Wildman–Crippen LogP) is -0.513. The minimum Gasteiger partial charge on any atom is -0.388 e. The number of hydrogen-bond acceptors (Lipinski definition) is 6. The van der Waals surface area contributed by atoms with Crippen molar-refractivity contribution in [1.29, 1.82) is 0 Å². The predicted molar refractivity (Wildman–Crippen MR) is 71.2 cm³/mol. The molecule has 1 fully saturated rings. The number of hydrogen-bond donors (Lipinski definition) is 2. The summed E-state index contributed by atoms with van der Waals surface area (Å²) in [5, 5.41) is 8.67. The second-order valence-electron chi connectivity index (χ2n) is 4.42. The zero-order valence-electron chi connectivity index (χ0n) is 10.8. The highest BCUT2D eigenvalue weighted by Crippen LogP contribution is 2.21. The van der Waals surface area contributed by atoms with Gasteiger partial charge >= 0.3 is 0 Å². The monoisotopic (exact) mass is 286 g/mol. The largest absolute Gasteiger partial charge is 0.388 e. The maximum atomic E-state index is 11.7. The van der Waals surface area contributed by atoms with E-state index in [1.165, 1.54) is 7.05 Å². The van der Waals surface area contributed by atoms with Gasteiger partial charge in [-0.1, -0.05) is 0 Å². The molecule has 7 nitrogen and oxygen atoms in total. The van der Waals surface area contributed by atoms with Gasteiger partial charge in [-0.2, -0.15) is 0 Å². The van der Waals surface area contributed by atoms with Crippen molar-refractivity contribution in [3.8, 4) is 0 Å². The number of anilines is 1. The molecular formula is C11H18N4O3S. The fraction of sp³-hybridized carbons (Fsp3) is 0.636. The normalized spacial score (nSPS) is 17.7. The summed E-state index contributed by atoms with van der Waals surface area (Å²) in [6.45, 7) is 1.07. The molecule has 1 aliphatic rings. The van der Waals surface area contributed by atoms with Gasteiger partial charge in [0.15, 0.2) is 5.82 Å². The lowest BCUT2D eigenvalue weighted by atomic mass is 10.1. The number of nitrogens with zero attached hydrogens (tertiary/aromatic N) is 3. The highest BCUT2D eigenvalue weighted by Gasteiger charge is 2.29. The first-order chi connectivity index (χ1) is 9.06. The number of piperidine rings is 1. The molecule has 1 aromatic heterocycles. The molecule has 106 valence electrons. The lowest BCUT2D eigenvalue weighted by molar-refractivity contribution is 0.271. The molecule has 1 saturated heterocycles. The maximum absolute atomic E-state index is 11.7. The number of nitrogens with one attached hydrogen (secondary N) is 1. The zero-order valence-corrected chi connectivity index (χ0v) is 11.6. The van der Waals surface area contributed by atoms with Crippen LogP contribution in [0.25, 0.3) is 0 Å². The molecule has 1 aliphatic heterocycles. The van der Waals surface area contributed by atoms with Crippen LogP contribution in [-0.4, -0.2) is 48.9 Å². The van der Waals surface area contributed by atoms with Crippen molar-refractivity contribution in [2.75, 3.05) is 25.0 Å². The van der Waals surface area contributed by atoms with E-state index in [1.807, 2.05) is 4.90 Å². The summed E-state index contributed by atoms with van der Waals surface area (Å²) >= 11 is 0. The molecule has 2 N–H and O–H groups in total. The van der Waals surface area contributed by atoms with E-state index in [4.69, 9.17) is 5.11 Å². The van der Waals surface area contributed by atoms with E-state index in [0.717, 1.165) is 5.82 Å². The van der Waals surface area contributed by atoms with Crippen molar-refractivity contribution in [2.24, 2.45) is 0 Å². The number of sulfonamides is 1. The van der Waals surface area contributed by atoms with Gasteiger partial charge in [-0.3, -0.25) is 0 Å². The Morgan fingerprint density at radius 1 is 1.47 bits per heavy atom. The molecule has 1 aromatic rings. The Morgan fingerprint density at radius 2 is 2.16 bits per heavy atom. The first-order valence-corrected chi connectivity index (χ1v) is 7.71. The first kappa shape index (κ1) is 14.2. The Hall–Kier alpha value is -1.25. The average Bonchev–Trinajstić information content (AvgIpc) is 2.47. The highest BCUT2D eigenvalue weighted by molar-refractivity contribution is 7.90. The summed E-state index contributed by atoms with van der Waals surface area (Å²) in [6, 6.07) is 1.77. The lowest BCUT2D eigenvalue weighted by Gasteiger charge is -2.32. The number of aliphatic hydroxyl groups excluding tert-OH is 1. The Morgan fingerprint density at radius 3 is 2.74 bits per heavy atom. The summed E-state index contributed by atoms with van der Waals surface area (Å²) in [6.07, 6.45) is 2.74. The van der Waals surface area contributed by atoms with E-state index < -0.39 is 10.0 Å². The quantitative estimate of drug-likeness (QED) is 0.774. The van der Waals surface area contributed by atoms with Crippen molar-refractivity contribution >= 4 is 15.8 Å². The molecule has 8 heteroatoms. The van der Waals surface area contributed by atoms with Crippen LogP contribution in [0.4, 0.5) is 5.82 Å². The van der Waals surface area contributed by atoms with Gasteiger partial charge in [0.25, 0.3) is 0 Å². The van der Waals surface area contributed by atoms with E-state index in [0.29, 0.717) is 31.8 Å². The standard InChI is InChI=1S/C11H18N4O3S/c1-12-19(17,18)9-3-6-15(7-4-9)11-2-5-13-10(8-16)14-11/h2,5,9,12,16H,3-4,6-8H2,1H3. The zero-order chi connectivity index (χ0) is 13.9. The molecule has 2 rings (SSSR count). The molecule has 19 heavy (non-hydrogen) atoms. The molecular weight excluding hydrogens is 268 g/mol. The topological polar surface area (TPSA) is 95.4 Å². The highest BCUT2D eigenvalue weighted by atomic mass is 32.2. The van der Waals surface area contributed by atoms with Crippen LogP contribution in [0.1, 0.15) is 18.7 Å². The van der Waals surface area contributed by atoms with Crippen LogP contribution in [-0.2, 0) is 16.6 Å². The van der Waals surface area contributed by atoms with Gasteiger partial charge in [-0.15, -0.1) is 0 Å². The van der Waals surface area contributed by atoms with Gasteiger partial charge in [0.2, 0.25) is 10.0 Å². The first-order valence-electron chi connectivity index (χ1n) is 6.17. The van der Waals surface area contributed by atoms with Gasteiger partial charge in [0, 0.05) is 19.3 Å². The molecule has 0 aliphatic carbocycles.